The molecule has 3 aromatic rings. The highest BCUT2D eigenvalue weighted by Crippen LogP contribution is 2.26. The van der Waals surface area contributed by atoms with E-state index in [4.69, 9.17) is 0 Å². The number of rotatable bonds is 8. The molecule has 0 radical (unpaired) electrons. The molecular formula is C21H28N6O4S. The van der Waals surface area contributed by atoms with Gasteiger partial charge < -0.3 is 5.32 Å². The van der Waals surface area contributed by atoms with Crippen LogP contribution in [0.2, 0.25) is 0 Å². The smallest absolute Gasteiger partial charge is 0.264 e. The summed E-state index contributed by atoms with van der Waals surface area (Å²) in [6, 6.07) is 3.11. The Hall–Kier alpha value is -3.05. The van der Waals surface area contributed by atoms with Crippen molar-refractivity contribution in [2.24, 2.45) is 7.05 Å². The van der Waals surface area contributed by atoms with E-state index in [-0.39, 0.29) is 29.3 Å². The number of amides is 1. The normalized spacial score (nSPS) is 11.9. The summed E-state index contributed by atoms with van der Waals surface area (Å²) in [5, 5.41) is 7.21. The molecule has 0 spiro atoms. The monoisotopic (exact) mass is 460 g/mol. The number of aromatic nitrogens is 4. The Labute approximate surface area is 186 Å². The Morgan fingerprint density at radius 2 is 1.88 bits per heavy atom. The first-order chi connectivity index (χ1) is 15.1. The van der Waals surface area contributed by atoms with Gasteiger partial charge in [0.05, 0.1) is 17.4 Å². The summed E-state index contributed by atoms with van der Waals surface area (Å²) >= 11 is 0. The van der Waals surface area contributed by atoms with Gasteiger partial charge in [-0.1, -0.05) is 13.8 Å². The van der Waals surface area contributed by atoms with Gasteiger partial charge in [0, 0.05) is 38.8 Å². The number of anilines is 1. The van der Waals surface area contributed by atoms with Crippen molar-refractivity contribution in [1.29, 1.82) is 0 Å². The van der Waals surface area contributed by atoms with Crippen LogP contribution in [-0.2, 0) is 28.4 Å². The van der Waals surface area contributed by atoms with E-state index in [1.807, 2.05) is 6.92 Å². The Morgan fingerprint density at radius 1 is 1.19 bits per heavy atom. The number of benzene rings is 1. The summed E-state index contributed by atoms with van der Waals surface area (Å²) in [5.74, 6) is -0.330. The van der Waals surface area contributed by atoms with Gasteiger partial charge in [0.1, 0.15) is 5.39 Å². The summed E-state index contributed by atoms with van der Waals surface area (Å²) in [6.07, 6.45) is 2.88. The molecule has 1 amide bonds. The lowest BCUT2D eigenvalue weighted by molar-refractivity contribution is -0.116. The van der Waals surface area contributed by atoms with Crippen molar-refractivity contribution in [1.82, 2.24) is 23.6 Å². The Balaban J connectivity index is 1.80. The SMILES string of the molecule is CCN(CC)S(=O)(=O)c1cc(C)c(C)c(NC(=O)CCn2cnc3c(cnn3C)c2=O)c1. The Bertz CT molecular complexity index is 1320. The van der Waals surface area contributed by atoms with Crippen molar-refractivity contribution in [2.75, 3.05) is 18.4 Å². The van der Waals surface area contributed by atoms with Crippen molar-refractivity contribution in [3.05, 3.63) is 46.1 Å². The van der Waals surface area contributed by atoms with Crippen LogP contribution in [0.1, 0.15) is 31.4 Å². The molecular weight excluding hydrogens is 432 g/mol. The zero-order valence-electron chi connectivity index (χ0n) is 18.9. The lowest BCUT2D eigenvalue weighted by Gasteiger charge is -2.20. The van der Waals surface area contributed by atoms with Crippen LogP contribution in [0.3, 0.4) is 0 Å². The second-order valence-electron chi connectivity index (χ2n) is 7.55. The van der Waals surface area contributed by atoms with Crippen molar-refractivity contribution in [3.63, 3.8) is 0 Å². The third-order valence-electron chi connectivity index (χ3n) is 5.56. The van der Waals surface area contributed by atoms with Crippen LogP contribution in [0.25, 0.3) is 11.0 Å². The second kappa shape index (κ2) is 9.21. The minimum absolute atomic E-state index is 0.0267. The van der Waals surface area contributed by atoms with E-state index >= 15 is 0 Å². The van der Waals surface area contributed by atoms with Crippen molar-refractivity contribution in [3.8, 4) is 0 Å². The quantitative estimate of drug-likeness (QED) is 0.548. The first-order valence-electron chi connectivity index (χ1n) is 10.4. The summed E-state index contributed by atoms with van der Waals surface area (Å²) in [5.41, 5.74) is 2.20. The minimum Gasteiger partial charge on any atom is -0.326 e. The van der Waals surface area contributed by atoms with Crippen LogP contribution in [0.15, 0.2) is 34.3 Å². The van der Waals surface area contributed by atoms with Crippen LogP contribution in [0.4, 0.5) is 5.69 Å². The molecule has 11 heteroatoms. The molecule has 0 bridgehead atoms. The van der Waals surface area contributed by atoms with Crippen molar-refractivity contribution < 1.29 is 13.2 Å². The molecule has 0 saturated heterocycles. The van der Waals surface area contributed by atoms with Crippen LogP contribution in [0.5, 0.6) is 0 Å². The molecule has 0 aliphatic heterocycles. The largest absolute Gasteiger partial charge is 0.326 e. The Kier molecular flexibility index (Phi) is 6.79. The molecule has 0 aliphatic carbocycles. The van der Waals surface area contributed by atoms with Crippen molar-refractivity contribution in [2.45, 2.75) is 45.6 Å². The van der Waals surface area contributed by atoms with Gasteiger partial charge in [0.2, 0.25) is 15.9 Å². The number of carbonyl (C=O) groups is 1. The van der Waals surface area contributed by atoms with Crippen LogP contribution >= 0.6 is 0 Å². The topological polar surface area (TPSA) is 119 Å². The number of hydrogen-bond acceptors (Lipinski definition) is 6. The molecule has 32 heavy (non-hydrogen) atoms. The van der Waals surface area contributed by atoms with Gasteiger partial charge in [-0.3, -0.25) is 18.8 Å². The van der Waals surface area contributed by atoms with Gasteiger partial charge in [-0.2, -0.15) is 9.40 Å². The second-order valence-corrected chi connectivity index (χ2v) is 9.49. The molecule has 1 N–H and O–H groups in total. The minimum atomic E-state index is -3.66. The molecule has 0 fully saturated rings. The molecule has 172 valence electrons. The fourth-order valence-corrected chi connectivity index (χ4v) is 5.05. The number of fused-ring (bicyclic) bond motifs is 1. The fraction of sp³-hybridized carbons (Fsp3) is 0.429. The van der Waals surface area contributed by atoms with E-state index < -0.39 is 10.0 Å². The third-order valence-corrected chi connectivity index (χ3v) is 7.58. The van der Waals surface area contributed by atoms with Gasteiger partial charge in [-0.25, -0.2) is 13.4 Å². The average molecular weight is 461 g/mol. The Morgan fingerprint density at radius 3 is 2.53 bits per heavy atom. The van der Waals surface area contributed by atoms with Crippen LogP contribution in [0, 0.1) is 13.8 Å². The summed E-state index contributed by atoms with van der Waals surface area (Å²) < 4.78 is 30.1. The highest BCUT2D eigenvalue weighted by molar-refractivity contribution is 7.89. The lowest BCUT2D eigenvalue weighted by atomic mass is 10.1. The van der Waals surface area contributed by atoms with Gasteiger partial charge in [0.25, 0.3) is 5.56 Å². The summed E-state index contributed by atoms with van der Waals surface area (Å²) in [6.45, 7) is 8.05. The molecule has 1 aromatic carbocycles. The van der Waals surface area contributed by atoms with E-state index in [1.165, 1.54) is 32.1 Å². The molecule has 10 nitrogen and oxygen atoms in total. The fourth-order valence-electron chi connectivity index (χ4n) is 3.48. The standard InChI is InChI=1S/C21H28N6O4S/c1-6-27(7-2)32(30,31)16-10-14(3)15(4)18(11-16)24-19(28)8-9-26-13-22-20-17(21(26)29)12-23-25(20)5/h10-13H,6-9H2,1-5H3,(H,24,28). The maximum atomic E-state index is 12.9. The number of aryl methyl sites for hydroxylation is 3. The number of sulfonamides is 1. The van der Waals surface area contributed by atoms with E-state index in [1.54, 1.807) is 33.9 Å². The number of nitrogens with zero attached hydrogens (tertiary/aromatic N) is 5. The van der Waals surface area contributed by atoms with E-state index in [9.17, 15) is 18.0 Å². The summed E-state index contributed by atoms with van der Waals surface area (Å²) in [4.78, 5) is 29.5. The van der Waals surface area contributed by atoms with Gasteiger partial charge in [0.15, 0.2) is 5.65 Å². The zero-order chi connectivity index (χ0) is 23.6. The van der Waals surface area contributed by atoms with Gasteiger partial charge in [-0.15, -0.1) is 0 Å². The molecule has 0 saturated carbocycles. The van der Waals surface area contributed by atoms with E-state index in [0.717, 1.165) is 11.1 Å². The molecule has 3 rings (SSSR count). The molecule has 0 aliphatic rings. The van der Waals surface area contributed by atoms with Crippen LogP contribution in [-0.4, -0.2) is 51.1 Å². The molecule has 2 heterocycles. The average Bonchev–Trinajstić information content (AvgIpc) is 3.13. The highest BCUT2D eigenvalue weighted by Gasteiger charge is 2.23. The predicted octanol–water partition coefficient (Wildman–Crippen LogP) is 1.81. The first kappa shape index (κ1) is 23.6. The van der Waals surface area contributed by atoms with Crippen molar-refractivity contribution >= 4 is 32.7 Å². The number of carbonyl (C=O) groups excluding carboxylic acids is 1. The van der Waals surface area contributed by atoms with Crippen LogP contribution < -0.4 is 10.9 Å². The molecule has 0 atom stereocenters. The maximum Gasteiger partial charge on any atom is 0.264 e. The van der Waals surface area contributed by atoms with Gasteiger partial charge in [-0.05, 0) is 37.1 Å². The molecule has 2 aromatic heterocycles. The molecule has 0 unspecified atom stereocenters. The van der Waals surface area contributed by atoms with E-state index in [2.05, 4.69) is 15.4 Å². The summed E-state index contributed by atoms with van der Waals surface area (Å²) in [7, 11) is -1.96. The number of nitrogens with one attached hydrogen (secondary N) is 1. The van der Waals surface area contributed by atoms with Gasteiger partial charge >= 0.3 is 0 Å². The van der Waals surface area contributed by atoms with E-state index in [0.29, 0.717) is 29.8 Å². The zero-order valence-corrected chi connectivity index (χ0v) is 19.7. The highest BCUT2D eigenvalue weighted by atomic mass is 32.2. The predicted molar refractivity (Wildman–Crippen MR) is 122 cm³/mol. The number of hydrogen-bond donors (Lipinski definition) is 1. The maximum absolute atomic E-state index is 12.9. The lowest BCUT2D eigenvalue weighted by Crippen LogP contribution is -2.30. The third kappa shape index (κ3) is 4.44. The first-order valence-corrected chi connectivity index (χ1v) is 11.8.